The second-order valence-corrected chi connectivity index (χ2v) is 2.94. The number of ketones is 1. The molecule has 0 spiro atoms. The maximum atomic E-state index is 12.4. The quantitative estimate of drug-likeness (QED) is 0.721. The van der Waals surface area contributed by atoms with Gasteiger partial charge in [0.05, 0.1) is 6.04 Å². The van der Waals surface area contributed by atoms with E-state index in [0.29, 0.717) is 11.1 Å². The Morgan fingerprint density at radius 2 is 2.15 bits per heavy atom. The van der Waals surface area contributed by atoms with Crippen LogP contribution in [0.15, 0.2) is 24.3 Å². The summed E-state index contributed by atoms with van der Waals surface area (Å²) in [6.07, 6.45) is 0. The van der Waals surface area contributed by atoms with Gasteiger partial charge in [0.2, 0.25) is 0 Å². The van der Waals surface area contributed by atoms with Gasteiger partial charge in [-0.25, -0.2) is 4.39 Å². The molecule has 1 unspecified atom stereocenters. The molecule has 0 aliphatic carbocycles. The summed E-state index contributed by atoms with van der Waals surface area (Å²) in [4.78, 5) is 11.4. The Labute approximate surface area is 76.6 Å². The van der Waals surface area contributed by atoms with Gasteiger partial charge in [-0.3, -0.25) is 4.79 Å². The highest BCUT2D eigenvalue weighted by Crippen LogP contribution is 2.11. The molecule has 0 aromatic heterocycles. The van der Waals surface area contributed by atoms with Crippen molar-refractivity contribution >= 4 is 5.78 Å². The SMILES string of the molecule is CC(N)C(=O)c1ccccc1CF. The van der Waals surface area contributed by atoms with Gasteiger partial charge in [-0.15, -0.1) is 0 Å². The summed E-state index contributed by atoms with van der Waals surface area (Å²) in [5, 5.41) is 0. The van der Waals surface area contributed by atoms with E-state index in [1.54, 1.807) is 31.2 Å². The Hall–Kier alpha value is -1.22. The number of halogens is 1. The van der Waals surface area contributed by atoms with Crippen molar-refractivity contribution in [2.45, 2.75) is 19.6 Å². The van der Waals surface area contributed by atoms with Crippen LogP contribution in [0, 0.1) is 0 Å². The lowest BCUT2D eigenvalue weighted by molar-refractivity contribution is 0.0966. The molecule has 13 heavy (non-hydrogen) atoms. The summed E-state index contributed by atoms with van der Waals surface area (Å²) < 4.78 is 12.4. The van der Waals surface area contributed by atoms with Gasteiger partial charge in [0.25, 0.3) is 0 Å². The van der Waals surface area contributed by atoms with Crippen LogP contribution in [0.25, 0.3) is 0 Å². The normalized spacial score (nSPS) is 12.5. The van der Waals surface area contributed by atoms with Gasteiger partial charge in [-0.05, 0) is 12.5 Å². The number of rotatable bonds is 3. The lowest BCUT2D eigenvalue weighted by Crippen LogP contribution is -2.27. The van der Waals surface area contributed by atoms with Crippen molar-refractivity contribution in [1.29, 1.82) is 0 Å². The molecule has 0 bridgehead atoms. The number of hydrogen-bond acceptors (Lipinski definition) is 2. The predicted octanol–water partition coefficient (Wildman–Crippen LogP) is 1.69. The smallest absolute Gasteiger partial charge is 0.179 e. The molecule has 1 atom stereocenters. The number of carbonyl (C=O) groups is 1. The number of Topliss-reactive ketones (excluding diaryl/α,β-unsaturated/α-hetero) is 1. The largest absolute Gasteiger partial charge is 0.321 e. The average Bonchev–Trinajstić information content (AvgIpc) is 2.16. The van der Waals surface area contributed by atoms with E-state index >= 15 is 0 Å². The van der Waals surface area contributed by atoms with Gasteiger partial charge < -0.3 is 5.73 Å². The number of alkyl halides is 1. The van der Waals surface area contributed by atoms with Crippen LogP contribution in [-0.2, 0) is 6.67 Å². The third kappa shape index (κ3) is 2.12. The fraction of sp³-hybridized carbons (Fsp3) is 0.300. The van der Waals surface area contributed by atoms with Crippen molar-refractivity contribution in [3.05, 3.63) is 35.4 Å². The zero-order chi connectivity index (χ0) is 9.84. The monoisotopic (exact) mass is 181 g/mol. The third-order valence-electron chi connectivity index (χ3n) is 1.84. The van der Waals surface area contributed by atoms with Crippen molar-refractivity contribution in [2.75, 3.05) is 0 Å². The van der Waals surface area contributed by atoms with E-state index in [9.17, 15) is 9.18 Å². The van der Waals surface area contributed by atoms with E-state index in [1.165, 1.54) is 0 Å². The van der Waals surface area contributed by atoms with E-state index < -0.39 is 12.7 Å². The van der Waals surface area contributed by atoms with Gasteiger partial charge >= 0.3 is 0 Å². The first kappa shape index (κ1) is 9.86. The second-order valence-electron chi connectivity index (χ2n) is 2.94. The Bertz CT molecular complexity index is 310. The van der Waals surface area contributed by atoms with Crippen LogP contribution in [-0.4, -0.2) is 11.8 Å². The lowest BCUT2D eigenvalue weighted by atomic mass is 10.0. The summed E-state index contributed by atoms with van der Waals surface area (Å²) in [5.41, 5.74) is 6.22. The van der Waals surface area contributed by atoms with Gasteiger partial charge in [-0.1, -0.05) is 24.3 Å². The van der Waals surface area contributed by atoms with Crippen LogP contribution in [0.3, 0.4) is 0 Å². The molecule has 1 aromatic carbocycles. The Morgan fingerprint density at radius 1 is 1.54 bits per heavy atom. The van der Waals surface area contributed by atoms with Crippen molar-refractivity contribution in [2.24, 2.45) is 5.73 Å². The molecule has 0 saturated carbocycles. The molecule has 0 aliphatic heterocycles. The lowest BCUT2D eigenvalue weighted by Gasteiger charge is -2.07. The van der Waals surface area contributed by atoms with Crippen LogP contribution < -0.4 is 5.73 Å². The molecular weight excluding hydrogens is 169 g/mol. The summed E-state index contributed by atoms with van der Waals surface area (Å²) in [7, 11) is 0. The van der Waals surface area contributed by atoms with Crippen LogP contribution in [0.2, 0.25) is 0 Å². The first-order chi connectivity index (χ1) is 6.16. The Balaban J connectivity index is 3.06. The van der Waals surface area contributed by atoms with Crippen molar-refractivity contribution < 1.29 is 9.18 Å². The molecule has 0 fully saturated rings. The van der Waals surface area contributed by atoms with Gasteiger partial charge in [0, 0.05) is 5.56 Å². The fourth-order valence-electron chi connectivity index (χ4n) is 1.12. The summed E-state index contributed by atoms with van der Waals surface area (Å²) >= 11 is 0. The molecule has 0 saturated heterocycles. The summed E-state index contributed by atoms with van der Waals surface area (Å²) in [5.74, 6) is -0.215. The minimum atomic E-state index is -0.630. The molecule has 70 valence electrons. The molecule has 0 amide bonds. The van der Waals surface area contributed by atoms with E-state index in [2.05, 4.69) is 0 Å². The number of nitrogens with two attached hydrogens (primary N) is 1. The molecule has 1 aromatic rings. The molecule has 3 heteroatoms. The maximum Gasteiger partial charge on any atom is 0.179 e. The second kappa shape index (κ2) is 4.14. The molecule has 0 aliphatic rings. The van der Waals surface area contributed by atoms with E-state index in [0.717, 1.165) is 0 Å². The number of carbonyl (C=O) groups excluding carboxylic acids is 1. The first-order valence-corrected chi connectivity index (χ1v) is 4.10. The van der Waals surface area contributed by atoms with Crippen LogP contribution in [0.1, 0.15) is 22.8 Å². The van der Waals surface area contributed by atoms with Crippen molar-refractivity contribution in [3.8, 4) is 0 Å². The molecule has 2 nitrogen and oxygen atoms in total. The van der Waals surface area contributed by atoms with Gasteiger partial charge in [0.1, 0.15) is 6.67 Å². The Kier molecular flexibility index (Phi) is 3.14. The highest BCUT2D eigenvalue weighted by molar-refractivity contribution is 6.00. The molecule has 2 N–H and O–H groups in total. The highest BCUT2D eigenvalue weighted by Gasteiger charge is 2.13. The van der Waals surface area contributed by atoms with Crippen molar-refractivity contribution in [1.82, 2.24) is 0 Å². The summed E-state index contributed by atoms with van der Waals surface area (Å²) in [6.45, 7) is 0.964. The van der Waals surface area contributed by atoms with Crippen LogP contribution in [0.4, 0.5) is 4.39 Å². The van der Waals surface area contributed by atoms with E-state index in [4.69, 9.17) is 5.73 Å². The van der Waals surface area contributed by atoms with Crippen LogP contribution in [0.5, 0.6) is 0 Å². The van der Waals surface area contributed by atoms with Crippen molar-refractivity contribution in [3.63, 3.8) is 0 Å². The maximum absolute atomic E-state index is 12.4. The number of hydrogen-bond donors (Lipinski definition) is 1. The van der Waals surface area contributed by atoms with Crippen LogP contribution >= 0.6 is 0 Å². The number of benzene rings is 1. The summed E-state index contributed by atoms with van der Waals surface area (Å²) in [6, 6.07) is 6.02. The zero-order valence-corrected chi connectivity index (χ0v) is 7.46. The molecule has 0 radical (unpaired) electrons. The Morgan fingerprint density at radius 3 is 2.69 bits per heavy atom. The highest BCUT2D eigenvalue weighted by atomic mass is 19.1. The molecule has 1 rings (SSSR count). The zero-order valence-electron chi connectivity index (χ0n) is 7.46. The third-order valence-corrected chi connectivity index (χ3v) is 1.84. The minimum absolute atomic E-state index is 0.215. The van der Waals surface area contributed by atoms with E-state index in [-0.39, 0.29) is 5.78 Å². The average molecular weight is 181 g/mol. The molecular formula is C10H12FNO. The standard InChI is InChI=1S/C10H12FNO/c1-7(12)10(13)9-5-3-2-4-8(9)6-11/h2-5,7H,6,12H2,1H3. The fourth-order valence-corrected chi connectivity index (χ4v) is 1.12. The minimum Gasteiger partial charge on any atom is -0.321 e. The molecule has 0 heterocycles. The van der Waals surface area contributed by atoms with E-state index in [1.807, 2.05) is 0 Å². The predicted molar refractivity (Wildman–Crippen MR) is 49.2 cm³/mol. The first-order valence-electron chi connectivity index (χ1n) is 4.10. The van der Waals surface area contributed by atoms with Gasteiger partial charge in [0.15, 0.2) is 5.78 Å². The van der Waals surface area contributed by atoms with Gasteiger partial charge in [-0.2, -0.15) is 0 Å². The topological polar surface area (TPSA) is 43.1 Å².